The fraction of sp³-hybridized carbons (Fsp3) is 0.438. The van der Waals surface area contributed by atoms with Crippen molar-refractivity contribution in [3.05, 3.63) is 53.9 Å². The normalized spacial score (nSPS) is 22.2. The average Bonchev–Trinajstić information content (AvgIpc) is 2.82. The molecule has 2 aromatic rings. The summed E-state index contributed by atoms with van der Waals surface area (Å²) in [7, 11) is 0. The lowest BCUT2D eigenvalue weighted by Crippen LogP contribution is -2.39. The number of nitrogens with one attached hydrogen (secondary N) is 1. The highest BCUT2D eigenvalue weighted by atomic mass is 15.3. The first-order valence-corrected chi connectivity index (χ1v) is 7.08. The first-order chi connectivity index (χ1) is 9.29. The van der Waals surface area contributed by atoms with Crippen LogP contribution in [0.25, 0.3) is 0 Å². The quantitative estimate of drug-likeness (QED) is 0.890. The predicted octanol–water partition coefficient (Wildman–Crippen LogP) is 2.82. The maximum Gasteiger partial charge on any atom is 0.0659 e. The van der Waals surface area contributed by atoms with Gasteiger partial charge in [0.2, 0.25) is 0 Å². The summed E-state index contributed by atoms with van der Waals surface area (Å²) >= 11 is 0. The standard InChI is InChI=1S/C16H21N3/c1-13-7-16(8-13)17-9-15-10-18-19(12-15)11-14-5-3-2-4-6-14/h2-6,10,12-13,16-17H,7-9,11H2,1H3. The Hall–Kier alpha value is -1.61. The molecule has 1 N–H and O–H groups in total. The van der Waals surface area contributed by atoms with E-state index in [2.05, 4.69) is 47.8 Å². The van der Waals surface area contributed by atoms with Gasteiger partial charge in [0.05, 0.1) is 12.7 Å². The van der Waals surface area contributed by atoms with E-state index < -0.39 is 0 Å². The van der Waals surface area contributed by atoms with Crippen LogP contribution in [-0.2, 0) is 13.1 Å². The minimum absolute atomic E-state index is 0.715. The monoisotopic (exact) mass is 255 g/mol. The molecule has 0 aliphatic heterocycles. The first-order valence-electron chi connectivity index (χ1n) is 7.08. The molecule has 0 bridgehead atoms. The summed E-state index contributed by atoms with van der Waals surface area (Å²) in [5.74, 6) is 0.901. The third-order valence-electron chi connectivity index (χ3n) is 3.84. The zero-order chi connectivity index (χ0) is 13.1. The Bertz CT molecular complexity index is 512. The summed E-state index contributed by atoms with van der Waals surface area (Å²) in [6.07, 6.45) is 6.75. The number of rotatable bonds is 5. The maximum atomic E-state index is 4.42. The molecular weight excluding hydrogens is 234 g/mol. The van der Waals surface area contributed by atoms with Crippen molar-refractivity contribution in [1.82, 2.24) is 15.1 Å². The molecule has 0 amide bonds. The Kier molecular flexibility index (Phi) is 3.65. The van der Waals surface area contributed by atoms with Gasteiger partial charge in [-0.2, -0.15) is 5.10 Å². The Labute approximate surface area is 114 Å². The highest BCUT2D eigenvalue weighted by Gasteiger charge is 2.24. The number of hydrogen-bond acceptors (Lipinski definition) is 2. The average molecular weight is 255 g/mol. The number of benzene rings is 1. The van der Waals surface area contributed by atoms with Gasteiger partial charge in [0, 0.05) is 24.3 Å². The van der Waals surface area contributed by atoms with Crippen LogP contribution >= 0.6 is 0 Å². The topological polar surface area (TPSA) is 29.9 Å². The third kappa shape index (κ3) is 3.24. The molecule has 1 heterocycles. The molecular formula is C16H21N3. The smallest absolute Gasteiger partial charge is 0.0659 e. The van der Waals surface area contributed by atoms with E-state index >= 15 is 0 Å². The molecule has 0 spiro atoms. The van der Waals surface area contributed by atoms with Crippen LogP contribution < -0.4 is 5.32 Å². The molecule has 3 nitrogen and oxygen atoms in total. The third-order valence-corrected chi connectivity index (χ3v) is 3.84. The number of nitrogens with zero attached hydrogens (tertiary/aromatic N) is 2. The summed E-state index contributed by atoms with van der Waals surface area (Å²) in [4.78, 5) is 0. The minimum atomic E-state index is 0.715. The Morgan fingerprint density at radius 2 is 2.00 bits per heavy atom. The van der Waals surface area contributed by atoms with Crippen molar-refractivity contribution in [3.63, 3.8) is 0 Å². The van der Waals surface area contributed by atoms with E-state index in [1.165, 1.54) is 24.0 Å². The summed E-state index contributed by atoms with van der Waals surface area (Å²) in [6.45, 7) is 4.10. The molecule has 1 saturated carbocycles. The van der Waals surface area contributed by atoms with Crippen molar-refractivity contribution in [2.75, 3.05) is 0 Å². The van der Waals surface area contributed by atoms with Gasteiger partial charge in [-0.25, -0.2) is 0 Å². The fourth-order valence-corrected chi connectivity index (χ4v) is 2.69. The summed E-state index contributed by atoms with van der Waals surface area (Å²) < 4.78 is 2.01. The van der Waals surface area contributed by atoms with Crippen LogP contribution in [0.15, 0.2) is 42.7 Å². The molecule has 1 fully saturated rings. The van der Waals surface area contributed by atoms with Gasteiger partial charge in [-0.15, -0.1) is 0 Å². The Morgan fingerprint density at radius 1 is 1.21 bits per heavy atom. The SMILES string of the molecule is CC1CC(NCc2cnn(Cc3ccccc3)c2)C1. The lowest BCUT2D eigenvalue weighted by molar-refractivity contribution is 0.240. The van der Waals surface area contributed by atoms with Gasteiger partial charge in [0.1, 0.15) is 0 Å². The van der Waals surface area contributed by atoms with E-state index in [9.17, 15) is 0 Å². The summed E-state index contributed by atoms with van der Waals surface area (Å²) in [6, 6.07) is 11.2. The molecule has 0 saturated heterocycles. The van der Waals surface area contributed by atoms with Crippen LogP contribution in [0.5, 0.6) is 0 Å². The van der Waals surface area contributed by atoms with Crippen LogP contribution in [0.1, 0.15) is 30.9 Å². The molecule has 0 unspecified atom stereocenters. The molecule has 100 valence electrons. The molecule has 3 heteroatoms. The van der Waals surface area contributed by atoms with Gasteiger partial charge >= 0.3 is 0 Å². The summed E-state index contributed by atoms with van der Waals surface area (Å²) in [5.41, 5.74) is 2.56. The number of aromatic nitrogens is 2. The van der Waals surface area contributed by atoms with Gasteiger partial charge in [-0.3, -0.25) is 4.68 Å². The largest absolute Gasteiger partial charge is 0.310 e. The van der Waals surface area contributed by atoms with Gasteiger partial charge < -0.3 is 5.32 Å². The lowest BCUT2D eigenvalue weighted by atomic mass is 9.82. The molecule has 19 heavy (non-hydrogen) atoms. The second kappa shape index (κ2) is 5.57. The molecule has 1 aromatic heterocycles. The van der Waals surface area contributed by atoms with Gasteiger partial charge in [-0.05, 0) is 24.3 Å². The van der Waals surface area contributed by atoms with Crippen LogP contribution in [0, 0.1) is 5.92 Å². The first kappa shape index (κ1) is 12.4. The van der Waals surface area contributed by atoms with Crippen molar-refractivity contribution in [1.29, 1.82) is 0 Å². The molecule has 1 aromatic carbocycles. The second-order valence-electron chi connectivity index (χ2n) is 5.69. The zero-order valence-electron chi connectivity index (χ0n) is 11.4. The van der Waals surface area contributed by atoms with Gasteiger partial charge in [-0.1, -0.05) is 37.3 Å². The van der Waals surface area contributed by atoms with E-state index in [1.807, 2.05) is 16.9 Å². The number of hydrogen-bond donors (Lipinski definition) is 1. The van der Waals surface area contributed by atoms with E-state index in [4.69, 9.17) is 0 Å². The highest BCUT2D eigenvalue weighted by Crippen LogP contribution is 2.26. The van der Waals surface area contributed by atoms with Crippen molar-refractivity contribution in [2.45, 2.75) is 38.9 Å². The molecule has 0 radical (unpaired) electrons. The van der Waals surface area contributed by atoms with Crippen LogP contribution in [0.4, 0.5) is 0 Å². The van der Waals surface area contributed by atoms with Crippen LogP contribution in [0.3, 0.4) is 0 Å². The van der Waals surface area contributed by atoms with Crippen molar-refractivity contribution in [3.8, 4) is 0 Å². The minimum Gasteiger partial charge on any atom is -0.310 e. The van der Waals surface area contributed by atoms with E-state index in [0.29, 0.717) is 6.04 Å². The van der Waals surface area contributed by atoms with Crippen molar-refractivity contribution >= 4 is 0 Å². The Balaban J connectivity index is 1.51. The van der Waals surface area contributed by atoms with Gasteiger partial charge in [0.25, 0.3) is 0 Å². The zero-order valence-corrected chi connectivity index (χ0v) is 11.4. The molecule has 0 atom stereocenters. The highest BCUT2D eigenvalue weighted by molar-refractivity contribution is 5.15. The van der Waals surface area contributed by atoms with E-state index in [0.717, 1.165) is 19.0 Å². The molecule has 1 aliphatic rings. The van der Waals surface area contributed by atoms with E-state index in [1.54, 1.807) is 0 Å². The van der Waals surface area contributed by atoms with E-state index in [-0.39, 0.29) is 0 Å². The van der Waals surface area contributed by atoms with Crippen LogP contribution in [-0.4, -0.2) is 15.8 Å². The lowest BCUT2D eigenvalue weighted by Gasteiger charge is -2.33. The Morgan fingerprint density at radius 3 is 2.74 bits per heavy atom. The summed E-state index contributed by atoms with van der Waals surface area (Å²) in [5, 5.41) is 8.01. The maximum absolute atomic E-state index is 4.42. The fourth-order valence-electron chi connectivity index (χ4n) is 2.69. The van der Waals surface area contributed by atoms with Crippen molar-refractivity contribution < 1.29 is 0 Å². The van der Waals surface area contributed by atoms with Crippen molar-refractivity contribution in [2.24, 2.45) is 5.92 Å². The second-order valence-corrected chi connectivity index (χ2v) is 5.69. The molecule has 3 rings (SSSR count). The predicted molar refractivity (Wildman–Crippen MR) is 76.8 cm³/mol. The van der Waals surface area contributed by atoms with Crippen LogP contribution in [0.2, 0.25) is 0 Å². The molecule has 1 aliphatic carbocycles. The van der Waals surface area contributed by atoms with Gasteiger partial charge in [0.15, 0.2) is 0 Å².